The molecule has 0 aliphatic heterocycles. The highest BCUT2D eigenvalue weighted by molar-refractivity contribution is 5.92. The largest absolute Gasteiger partial charge is 0.213 e. The highest BCUT2D eigenvalue weighted by Gasteiger charge is 2.39. The van der Waals surface area contributed by atoms with E-state index in [9.17, 15) is 8.22 Å². The summed E-state index contributed by atoms with van der Waals surface area (Å²) in [6.07, 6.45) is 49.1. The van der Waals surface area contributed by atoms with E-state index in [1.54, 1.807) is 0 Å². The molecule has 10 aliphatic carbocycles. The van der Waals surface area contributed by atoms with Gasteiger partial charge in [0, 0.05) is 59.8 Å². The molecule has 3 heterocycles. The fraction of sp³-hybridized carbons (Fsp3) is 0.462. The lowest BCUT2D eigenvalue weighted by molar-refractivity contribution is -0.660. The number of aromatic nitrogens is 3. The molecule has 0 atom stereocenters. The maximum Gasteiger partial charge on any atom is 0.213 e. The number of fused-ring (bicyclic) bond motifs is 5. The van der Waals surface area contributed by atoms with Crippen molar-refractivity contribution < 1.29 is 21.9 Å². The summed E-state index contributed by atoms with van der Waals surface area (Å²) in [5, 5.41) is 7.36. The SMILES string of the molecule is [2H]C1(c2ccc3cc(-c4cc(-c5ccccc5C)[n+](C)cc4C4([2H])CCCCC4)ccc3c2)CC2CC(C2)C1.[2H]C1(c2ccc3cc(-c4cc(-c5ccccc5C)[n+](C)cc4C4([2H])CCCCC4)ccc3c2)CCC(C2CCCC2)CC1.[2H]C1(c2ccc3cc(-c4cc(-c5ccccc5C)[n+](C)cc4C4([2H])CCCCC4)ccc3c2)CCC(C2CCCCC2)CC1. The first-order valence-corrected chi connectivity index (χ1v) is 47.9. The van der Waals surface area contributed by atoms with Crippen LogP contribution < -0.4 is 13.7 Å². The molecule has 0 radical (unpaired) electrons. The van der Waals surface area contributed by atoms with Crippen molar-refractivity contribution in [2.45, 2.75) is 287 Å². The average Bonchev–Trinajstić information content (AvgIpc) is 0.779. The number of rotatable bonds is 14. The van der Waals surface area contributed by atoms with E-state index in [0.29, 0.717) is 0 Å². The Kier molecular flexibility index (Phi) is 22.6. The molecule has 120 heavy (non-hydrogen) atoms. The number of hydrogen-bond donors (Lipinski definition) is 0. The van der Waals surface area contributed by atoms with E-state index < -0.39 is 35.4 Å². The van der Waals surface area contributed by atoms with Crippen LogP contribution in [-0.2, 0) is 21.1 Å². The van der Waals surface area contributed by atoms with E-state index in [1.165, 1.54) is 248 Å². The number of benzene rings is 9. The smallest absolute Gasteiger partial charge is 0.201 e. The molecular weight excluding hydrogens is 1450 g/mol. The summed E-state index contributed by atoms with van der Waals surface area (Å²) in [5.41, 5.74) is 25.3. The summed E-state index contributed by atoms with van der Waals surface area (Å²) < 4.78 is 63.8. The van der Waals surface area contributed by atoms with E-state index in [0.717, 1.165) is 168 Å². The van der Waals surface area contributed by atoms with Gasteiger partial charge in [-0.3, -0.25) is 0 Å². The Bertz CT molecular complexity index is 5950. The van der Waals surface area contributed by atoms with Gasteiger partial charge in [0.15, 0.2) is 18.6 Å². The molecule has 0 amide bonds. The Hall–Kier alpha value is -8.79. The van der Waals surface area contributed by atoms with Gasteiger partial charge in [0.1, 0.15) is 21.1 Å². The molecule has 12 aromatic rings. The van der Waals surface area contributed by atoms with Crippen LogP contribution in [0.25, 0.3) is 99.5 Å². The summed E-state index contributed by atoms with van der Waals surface area (Å²) in [5.74, 6) is 2.07. The van der Waals surface area contributed by atoms with Crippen LogP contribution in [-0.4, -0.2) is 0 Å². The number of nitrogens with zero attached hydrogens (tertiary/aromatic N) is 3. The van der Waals surface area contributed by atoms with Gasteiger partial charge in [0.05, 0.1) is 0 Å². The lowest BCUT2D eigenvalue weighted by atomic mass is 9.60. The molecule has 0 saturated heterocycles. The minimum absolute atomic E-state index is 0.416. The van der Waals surface area contributed by atoms with Gasteiger partial charge in [0.2, 0.25) is 17.1 Å². The molecule has 618 valence electrons. The quantitative estimate of drug-likeness (QED) is 0.0962. The zero-order valence-corrected chi connectivity index (χ0v) is 73.5. The zero-order valence-electron chi connectivity index (χ0n) is 79.5. The first kappa shape index (κ1) is 73.9. The Balaban J connectivity index is 0.000000124. The van der Waals surface area contributed by atoms with Crippen LogP contribution in [0.15, 0.2) is 219 Å². The molecular formula is C117H138N3+3. The summed E-state index contributed by atoms with van der Waals surface area (Å²) in [6, 6.07) is 73.9. The molecule has 10 saturated carbocycles. The van der Waals surface area contributed by atoms with Crippen LogP contribution in [0.2, 0.25) is 0 Å². The van der Waals surface area contributed by atoms with Crippen molar-refractivity contribution in [2.24, 2.45) is 56.7 Å². The highest BCUT2D eigenvalue weighted by atomic mass is 14.9. The van der Waals surface area contributed by atoms with Gasteiger partial charge >= 0.3 is 0 Å². The van der Waals surface area contributed by atoms with Crippen molar-refractivity contribution >= 4 is 32.3 Å². The zero-order chi connectivity index (χ0) is 86.7. The molecule has 9 aromatic carbocycles. The first-order chi connectivity index (χ1) is 61.0. The van der Waals surface area contributed by atoms with Crippen LogP contribution in [0.4, 0.5) is 0 Å². The fourth-order valence-electron chi connectivity index (χ4n) is 24.3. The van der Waals surface area contributed by atoms with Crippen molar-refractivity contribution in [3.05, 3.63) is 269 Å². The molecule has 10 aliphatic rings. The summed E-state index contributed by atoms with van der Waals surface area (Å²) in [7, 11) is 6.42. The van der Waals surface area contributed by atoms with Gasteiger partial charge in [-0.05, 0) is 343 Å². The second kappa shape index (κ2) is 36.7. The van der Waals surface area contributed by atoms with Gasteiger partial charge in [-0.2, -0.15) is 0 Å². The van der Waals surface area contributed by atoms with Crippen LogP contribution >= 0.6 is 0 Å². The van der Waals surface area contributed by atoms with E-state index in [-0.39, 0.29) is 0 Å². The molecule has 22 rings (SSSR count). The van der Waals surface area contributed by atoms with Gasteiger partial charge in [-0.15, -0.1) is 0 Å². The second-order valence-electron chi connectivity index (χ2n) is 39.1. The van der Waals surface area contributed by atoms with Gasteiger partial charge in [-0.1, -0.05) is 261 Å². The maximum atomic E-state index is 9.64. The van der Waals surface area contributed by atoms with Gasteiger partial charge in [0.25, 0.3) is 0 Å². The summed E-state index contributed by atoms with van der Waals surface area (Å²) >= 11 is 0. The molecule has 3 heteroatoms. The van der Waals surface area contributed by atoms with Crippen LogP contribution in [0.1, 0.15) is 325 Å². The lowest BCUT2D eigenvalue weighted by Gasteiger charge is -2.45. The van der Waals surface area contributed by atoms with Gasteiger partial charge < -0.3 is 0 Å². The van der Waals surface area contributed by atoms with Crippen molar-refractivity contribution in [3.63, 3.8) is 0 Å². The van der Waals surface area contributed by atoms with Crippen LogP contribution in [0.3, 0.4) is 0 Å². The topological polar surface area (TPSA) is 11.6 Å². The first-order valence-electron chi connectivity index (χ1n) is 50.9. The summed E-state index contributed by atoms with van der Waals surface area (Å²) in [4.78, 5) is 0. The molecule has 2 bridgehead atoms. The molecule has 3 nitrogen and oxygen atoms in total. The molecule has 0 N–H and O–H groups in total. The van der Waals surface area contributed by atoms with E-state index in [4.69, 9.17) is 0 Å². The Morgan fingerprint density at radius 2 is 0.500 bits per heavy atom. The molecule has 0 unspecified atom stereocenters. The predicted molar refractivity (Wildman–Crippen MR) is 506 cm³/mol. The Labute approximate surface area is 729 Å². The Morgan fingerprint density at radius 3 is 0.817 bits per heavy atom. The van der Waals surface area contributed by atoms with E-state index in [1.807, 2.05) is 0 Å². The van der Waals surface area contributed by atoms with Gasteiger partial charge in [-0.25, -0.2) is 13.7 Å². The third-order valence-corrected chi connectivity index (χ3v) is 31.3. The van der Waals surface area contributed by atoms with Crippen molar-refractivity contribution in [3.8, 4) is 67.2 Å². The third kappa shape index (κ3) is 17.6. The maximum absolute atomic E-state index is 9.64. The van der Waals surface area contributed by atoms with Crippen LogP contribution in [0.5, 0.6) is 0 Å². The lowest BCUT2D eigenvalue weighted by Crippen LogP contribution is -2.32. The van der Waals surface area contributed by atoms with E-state index >= 15 is 0 Å². The van der Waals surface area contributed by atoms with E-state index in [2.05, 4.69) is 274 Å². The number of hydrogen-bond acceptors (Lipinski definition) is 0. The highest BCUT2D eigenvalue weighted by Crippen LogP contribution is 2.53. The fourth-order valence-corrected chi connectivity index (χ4v) is 24.3. The van der Waals surface area contributed by atoms with Crippen molar-refractivity contribution in [2.75, 3.05) is 0 Å². The van der Waals surface area contributed by atoms with Crippen LogP contribution in [0, 0.1) is 56.3 Å². The summed E-state index contributed by atoms with van der Waals surface area (Å²) in [6.45, 7) is 6.55. The molecule has 3 aromatic heterocycles. The average molecular weight is 1590 g/mol. The standard InChI is InChI=1S/C41H50N.C40H48N.C36H40N/c1-29-11-9-10-16-38(29)41-27-39(40(28-42(41)2)33-14-7-4-8-15-33)37-24-23-35-25-34(21-22-36(35)26-37)32-19-17-31(18-20-32)30-12-5-3-6-13-30;1-28-10-6-9-15-37(28)40-26-38(39(27-41(40)2)32-13-4-3-5-14-32)36-23-22-34-24-33(20-21-35(34)25-36)31-18-16-30(17-19-31)29-11-7-8-12-29;1-24-8-6-7-11-33(24)36-22-34(35(23-37(36)2)27-9-4-3-5-10-27)31-15-14-28-20-30(13-12-29(28)21-31)32-18-25-16-26(17-25)19-32/h9-11,16,21-28,30-33H,3-8,12-15,17-20H2,1-2H3;6,9-10,15,20-27,29-32H,3-5,7-8,11-14,16-19H2,1-2H3;6-8,11-15,20-23,25-27,32H,3-5,9-10,16-19H2,1-2H3/q3*+1/i32D,33D;31D,32D;27D,32D. The Morgan fingerprint density at radius 1 is 0.233 bits per heavy atom. The molecule has 10 fully saturated rings. The normalized spacial score (nSPS) is 26.1. The predicted octanol–water partition coefficient (Wildman–Crippen LogP) is 31.3. The third-order valence-electron chi connectivity index (χ3n) is 31.3. The minimum atomic E-state index is -0.553. The monoisotopic (exact) mass is 1590 g/mol. The van der Waals surface area contributed by atoms with Crippen molar-refractivity contribution in [1.29, 1.82) is 0 Å². The number of aryl methyl sites for hydroxylation is 6. The second-order valence-corrected chi connectivity index (χ2v) is 39.1. The number of pyridine rings is 3. The molecule has 0 spiro atoms. The minimum Gasteiger partial charge on any atom is -0.201 e. The van der Waals surface area contributed by atoms with Crippen molar-refractivity contribution in [1.82, 2.24) is 0 Å².